The molecular formula is C14H19F2IN6. The van der Waals surface area contributed by atoms with E-state index in [9.17, 15) is 8.78 Å². The molecule has 0 saturated heterocycles. The summed E-state index contributed by atoms with van der Waals surface area (Å²) in [6.07, 6.45) is 4.30. The minimum Gasteiger partial charge on any atom is -0.357 e. The standard InChI is InChI=1S/C14H18F2N6.HI/c1-2-17-14(20-9-11-5-3-4-6-18-11)21-10-12-19-7-8-22(12)13(15)16;/h3-8,13H,2,9-10H2,1H3,(H2,17,20,21);1H. The second kappa shape index (κ2) is 10.1. The topological polar surface area (TPSA) is 67.1 Å². The number of rotatable bonds is 6. The van der Waals surface area contributed by atoms with E-state index in [4.69, 9.17) is 0 Å². The first-order chi connectivity index (χ1) is 10.7. The number of nitrogens with zero attached hydrogens (tertiary/aromatic N) is 4. The van der Waals surface area contributed by atoms with Crippen molar-refractivity contribution < 1.29 is 8.78 Å². The molecule has 0 aromatic carbocycles. The van der Waals surface area contributed by atoms with Crippen molar-refractivity contribution in [3.63, 3.8) is 0 Å². The van der Waals surface area contributed by atoms with Crippen LogP contribution in [-0.2, 0) is 13.1 Å². The van der Waals surface area contributed by atoms with E-state index < -0.39 is 6.55 Å². The smallest absolute Gasteiger partial charge is 0.319 e. The normalized spacial score (nSPS) is 11.2. The van der Waals surface area contributed by atoms with Crippen LogP contribution < -0.4 is 10.6 Å². The molecule has 0 aliphatic heterocycles. The fourth-order valence-corrected chi connectivity index (χ4v) is 1.81. The quantitative estimate of drug-likeness (QED) is 0.415. The van der Waals surface area contributed by atoms with Gasteiger partial charge in [0.2, 0.25) is 0 Å². The molecule has 2 heterocycles. The van der Waals surface area contributed by atoms with Crippen LogP contribution in [-0.4, -0.2) is 27.0 Å². The molecule has 0 unspecified atom stereocenters. The number of guanidine groups is 1. The van der Waals surface area contributed by atoms with Crippen LogP contribution in [0.2, 0.25) is 0 Å². The van der Waals surface area contributed by atoms with E-state index in [1.54, 1.807) is 6.20 Å². The Labute approximate surface area is 150 Å². The lowest BCUT2D eigenvalue weighted by molar-refractivity contribution is 0.0668. The largest absolute Gasteiger partial charge is 0.357 e. The van der Waals surface area contributed by atoms with Gasteiger partial charge in [-0.25, -0.2) is 9.98 Å². The number of aromatic nitrogens is 3. The van der Waals surface area contributed by atoms with Crippen molar-refractivity contribution in [2.75, 3.05) is 6.54 Å². The van der Waals surface area contributed by atoms with Crippen molar-refractivity contribution in [2.24, 2.45) is 4.99 Å². The molecule has 2 aromatic rings. The van der Waals surface area contributed by atoms with Gasteiger partial charge in [0, 0.05) is 25.1 Å². The van der Waals surface area contributed by atoms with Crippen molar-refractivity contribution in [1.82, 2.24) is 25.2 Å². The van der Waals surface area contributed by atoms with Crippen LogP contribution in [0.1, 0.15) is 25.0 Å². The van der Waals surface area contributed by atoms with E-state index in [1.807, 2.05) is 25.1 Å². The molecule has 0 spiro atoms. The van der Waals surface area contributed by atoms with E-state index in [2.05, 4.69) is 25.6 Å². The third kappa shape index (κ3) is 6.08. The summed E-state index contributed by atoms with van der Waals surface area (Å²) in [5, 5.41) is 6.03. The summed E-state index contributed by atoms with van der Waals surface area (Å²) < 4.78 is 26.3. The molecule has 0 radical (unpaired) electrons. The molecule has 0 bridgehead atoms. The summed E-state index contributed by atoms with van der Waals surface area (Å²) in [4.78, 5) is 12.5. The van der Waals surface area contributed by atoms with Gasteiger partial charge in [-0.3, -0.25) is 9.55 Å². The number of hydrogen-bond acceptors (Lipinski definition) is 3. The van der Waals surface area contributed by atoms with Crippen LogP contribution in [0.3, 0.4) is 0 Å². The van der Waals surface area contributed by atoms with Gasteiger partial charge in [-0.2, -0.15) is 8.78 Å². The summed E-state index contributed by atoms with van der Waals surface area (Å²) in [7, 11) is 0. The minimum absolute atomic E-state index is 0. The third-order valence-electron chi connectivity index (χ3n) is 2.84. The highest BCUT2D eigenvalue weighted by molar-refractivity contribution is 14.0. The molecule has 9 heteroatoms. The monoisotopic (exact) mass is 436 g/mol. The van der Waals surface area contributed by atoms with E-state index in [1.165, 1.54) is 12.4 Å². The maximum Gasteiger partial charge on any atom is 0.319 e. The van der Waals surface area contributed by atoms with Crippen molar-refractivity contribution >= 4 is 29.9 Å². The van der Waals surface area contributed by atoms with Crippen LogP contribution in [0, 0.1) is 0 Å². The highest BCUT2D eigenvalue weighted by Crippen LogP contribution is 2.11. The van der Waals surface area contributed by atoms with Gasteiger partial charge in [-0.05, 0) is 19.1 Å². The Balaban J connectivity index is 0.00000264. The molecular weight excluding hydrogens is 417 g/mol. The van der Waals surface area contributed by atoms with Crippen LogP contribution in [0.5, 0.6) is 0 Å². The summed E-state index contributed by atoms with van der Waals surface area (Å²) >= 11 is 0. The molecule has 2 aromatic heterocycles. The fourth-order valence-electron chi connectivity index (χ4n) is 1.81. The average Bonchev–Trinajstić information content (AvgIpc) is 3.00. The summed E-state index contributed by atoms with van der Waals surface area (Å²) in [6.45, 7) is 0.549. The Hall–Kier alpha value is -1.78. The first kappa shape index (κ1) is 19.3. The van der Waals surface area contributed by atoms with E-state index in [0.29, 0.717) is 19.0 Å². The number of hydrogen-bond donors (Lipinski definition) is 2. The number of halogens is 3. The maximum absolute atomic E-state index is 12.7. The molecule has 0 amide bonds. The van der Waals surface area contributed by atoms with Crippen LogP contribution in [0.4, 0.5) is 8.78 Å². The molecule has 0 aliphatic carbocycles. The molecule has 2 rings (SSSR count). The molecule has 2 N–H and O–H groups in total. The Morgan fingerprint density at radius 3 is 2.74 bits per heavy atom. The lowest BCUT2D eigenvalue weighted by Gasteiger charge is -2.12. The summed E-state index contributed by atoms with van der Waals surface area (Å²) in [6, 6.07) is 5.59. The highest BCUT2D eigenvalue weighted by atomic mass is 127. The zero-order valence-electron chi connectivity index (χ0n) is 12.6. The lowest BCUT2D eigenvalue weighted by atomic mass is 10.3. The SMILES string of the molecule is CCNC(=NCc1ccccn1)NCc1nccn1C(F)F.I. The summed E-state index contributed by atoms with van der Waals surface area (Å²) in [5.41, 5.74) is 0.828. The number of nitrogens with one attached hydrogen (secondary N) is 2. The van der Waals surface area contributed by atoms with Crippen molar-refractivity contribution in [2.45, 2.75) is 26.6 Å². The van der Waals surface area contributed by atoms with Gasteiger partial charge in [0.05, 0.1) is 18.8 Å². The fraction of sp³-hybridized carbons (Fsp3) is 0.357. The van der Waals surface area contributed by atoms with Crippen molar-refractivity contribution in [3.05, 3.63) is 48.3 Å². The highest BCUT2D eigenvalue weighted by Gasteiger charge is 2.11. The lowest BCUT2D eigenvalue weighted by Crippen LogP contribution is -2.37. The predicted molar refractivity (Wildman–Crippen MR) is 94.8 cm³/mol. The zero-order chi connectivity index (χ0) is 15.8. The Morgan fingerprint density at radius 2 is 2.09 bits per heavy atom. The van der Waals surface area contributed by atoms with Gasteiger partial charge in [0.15, 0.2) is 5.96 Å². The number of imidazole rings is 1. The van der Waals surface area contributed by atoms with Crippen molar-refractivity contribution in [3.8, 4) is 0 Å². The molecule has 0 aliphatic rings. The van der Waals surface area contributed by atoms with Gasteiger partial charge in [0.1, 0.15) is 5.82 Å². The second-order valence-electron chi connectivity index (χ2n) is 4.40. The van der Waals surface area contributed by atoms with Crippen LogP contribution in [0.15, 0.2) is 41.8 Å². The van der Waals surface area contributed by atoms with Crippen LogP contribution >= 0.6 is 24.0 Å². The van der Waals surface area contributed by atoms with Gasteiger partial charge < -0.3 is 10.6 Å². The van der Waals surface area contributed by atoms with Gasteiger partial charge in [0.25, 0.3) is 0 Å². The third-order valence-corrected chi connectivity index (χ3v) is 2.84. The van der Waals surface area contributed by atoms with E-state index in [0.717, 1.165) is 10.3 Å². The van der Waals surface area contributed by atoms with Crippen molar-refractivity contribution in [1.29, 1.82) is 0 Å². The molecule has 23 heavy (non-hydrogen) atoms. The van der Waals surface area contributed by atoms with E-state index in [-0.39, 0.29) is 36.3 Å². The number of alkyl halides is 2. The average molecular weight is 436 g/mol. The predicted octanol–water partition coefficient (Wildman–Crippen LogP) is 2.55. The van der Waals surface area contributed by atoms with Gasteiger partial charge in [-0.15, -0.1) is 24.0 Å². The Kier molecular flexibility index (Phi) is 8.45. The Bertz CT molecular complexity index is 602. The molecule has 0 saturated carbocycles. The first-order valence-corrected chi connectivity index (χ1v) is 6.92. The van der Waals surface area contributed by atoms with Gasteiger partial charge >= 0.3 is 6.55 Å². The van der Waals surface area contributed by atoms with Crippen LogP contribution in [0.25, 0.3) is 0 Å². The molecule has 0 fully saturated rings. The minimum atomic E-state index is -2.60. The second-order valence-corrected chi connectivity index (χ2v) is 4.40. The first-order valence-electron chi connectivity index (χ1n) is 6.92. The molecule has 126 valence electrons. The maximum atomic E-state index is 12.7. The van der Waals surface area contributed by atoms with Gasteiger partial charge in [-0.1, -0.05) is 6.07 Å². The Morgan fingerprint density at radius 1 is 1.26 bits per heavy atom. The number of aliphatic imine (C=N–C) groups is 1. The molecule has 0 atom stereocenters. The van der Waals surface area contributed by atoms with E-state index >= 15 is 0 Å². The number of pyridine rings is 1. The molecule has 6 nitrogen and oxygen atoms in total. The zero-order valence-corrected chi connectivity index (χ0v) is 14.9. The summed E-state index contributed by atoms with van der Waals surface area (Å²) in [5.74, 6) is 0.774.